The lowest BCUT2D eigenvalue weighted by Crippen LogP contribution is -2.23. The lowest BCUT2D eigenvalue weighted by atomic mass is 10.0. The van der Waals surface area contributed by atoms with Crippen molar-refractivity contribution in [2.45, 2.75) is 43.6 Å². The lowest BCUT2D eigenvalue weighted by Gasteiger charge is -2.14. The fraction of sp³-hybridized carbons (Fsp3) is 0.231. The van der Waals surface area contributed by atoms with Gasteiger partial charge < -0.3 is 5.32 Å². The van der Waals surface area contributed by atoms with E-state index >= 15 is 0 Å². The van der Waals surface area contributed by atoms with Crippen LogP contribution in [0.5, 0.6) is 0 Å². The van der Waals surface area contributed by atoms with Crippen LogP contribution >= 0.6 is 11.8 Å². The number of hydrogen-bond acceptors (Lipinski definition) is 5. The minimum absolute atomic E-state index is 0.0722. The third kappa shape index (κ3) is 5.68. The van der Waals surface area contributed by atoms with E-state index in [9.17, 15) is 4.79 Å². The topological polar surface area (TPSA) is 72.7 Å². The van der Waals surface area contributed by atoms with E-state index in [1.54, 1.807) is 12.4 Å². The summed E-state index contributed by atoms with van der Waals surface area (Å²) in [5.74, 6) is 1.13. The summed E-state index contributed by atoms with van der Waals surface area (Å²) >= 11 is 1.40. The van der Waals surface area contributed by atoms with Crippen molar-refractivity contribution in [1.29, 1.82) is 0 Å². The van der Waals surface area contributed by atoms with Crippen LogP contribution in [0.4, 0.5) is 5.69 Å². The summed E-state index contributed by atoms with van der Waals surface area (Å²) in [5, 5.41) is 12.2. The maximum atomic E-state index is 12.9. The summed E-state index contributed by atoms with van der Waals surface area (Å²) in [6, 6.07) is 22.0. The quantitative estimate of drug-likeness (QED) is 0.347. The highest BCUT2D eigenvalue weighted by Crippen LogP contribution is 2.28. The summed E-state index contributed by atoms with van der Waals surface area (Å²) in [6.07, 6.45) is 3.48. The molecule has 0 fully saturated rings. The molecule has 2 heterocycles. The first-order valence-corrected chi connectivity index (χ1v) is 11.8. The molecular formula is C26H27N5OS. The van der Waals surface area contributed by atoms with Crippen molar-refractivity contribution in [3.8, 4) is 11.4 Å². The van der Waals surface area contributed by atoms with Crippen molar-refractivity contribution in [3.05, 3.63) is 90.3 Å². The first-order valence-electron chi connectivity index (χ1n) is 11.0. The molecule has 0 bridgehead atoms. The Morgan fingerprint density at radius 1 is 0.939 bits per heavy atom. The van der Waals surface area contributed by atoms with Crippen molar-refractivity contribution in [3.63, 3.8) is 0 Å². The number of thioether (sulfide) groups is 1. The van der Waals surface area contributed by atoms with Crippen LogP contribution in [0.2, 0.25) is 0 Å². The molecule has 168 valence electrons. The molecule has 0 spiro atoms. The molecule has 0 aliphatic rings. The number of carbonyl (C=O) groups is 1. The molecule has 2 aromatic heterocycles. The summed E-state index contributed by atoms with van der Waals surface area (Å²) in [4.78, 5) is 17.0. The van der Waals surface area contributed by atoms with E-state index in [1.165, 1.54) is 17.3 Å². The Morgan fingerprint density at radius 2 is 1.64 bits per heavy atom. The highest BCUT2D eigenvalue weighted by molar-refractivity contribution is 8.00. The zero-order chi connectivity index (χ0) is 23.2. The molecule has 7 heteroatoms. The van der Waals surface area contributed by atoms with Crippen LogP contribution in [-0.2, 0) is 11.3 Å². The zero-order valence-corrected chi connectivity index (χ0v) is 19.8. The van der Waals surface area contributed by atoms with Gasteiger partial charge in [0.1, 0.15) is 0 Å². The highest BCUT2D eigenvalue weighted by atomic mass is 32.2. The number of nitrogens with zero attached hydrogens (tertiary/aromatic N) is 4. The fourth-order valence-electron chi connectivity index (χ4n) is 3.41. The van der Waals surface area contributed by atoms with E-state index in [0.717, 1.165) is 22.6 Å². The van der Waals surface area contributed by atoms with Crippen LogP contribution in [0.25, 0.3) is 11.4 Å². The van der Waals surface area contributed by atoms with Crippen LogP contribution < -0.4 is 5.32 Å². The molecule has 1 atom stereocenters. The van der Waals surface area contributed by atoms with E-state index in [-0.39, 0.29) is 11.2 Å². The molecule has 33 heavy (non-hydrogen) atoms. The van der Waals surface area contributed by atoms with E-state index < -0.39 is 0 Å². The Balaban J connectivity index is 1.54. The van der Waals surface area contributed by atoms with E-state index in [0.29, 0.717) is 17.6 Å². The van der Waals surface area contributed by atoms with E-state index in [4.69, 9.17) is 0 Å². The van der Waals surface area contributed by atoms with Gasteiger partial charge in [-0.1, -0.05) is 68.1 Å². The molecule has 0 unspecified atom stereocenters. The van der Waals surface area contributed by atoms with Gasteiger partial charge in [0, 0.05) is 23.6 Å². The first-order chi connectivity index (χ1) is 16.0. The summed E-state index contributed by atoms with van der Waals surface area (Å²) in [6.45, 7) is 6.80. The van der Waals surface area contributed by atoms with Crippen molar-refractivity contribution in [2.24, 2.45) is 0 Å². The molecule has 0 saturated carbocycles. The lowest BCUT2D eigenvalue weighted by molar-refractivity contribution is -0.115. The average molecular weight is 458 g/mol. The number of anilines is 1. The van der Waals surface area contributed by atoms with Gasteiger partial charge in [-0.15, -0.1) is 10.2 Å². The van der Waals surface area contributed by atoms with E-state index in [1.807, 2.05) is 49.4 Å². The highest BCUT2D eigenvalue weighted by Gasteiger charge is 2.21. The molecule has 2 aromatic carbocycles. The van der Waals surface area contributed by atoms with Gasteiger partial charge in [-0.25, -0.2) is 0 Å². The van der Waals surface area contributed by atoms with Crippen molar-refractivity contribution in [2.75, 3.05) is 5.32 Å². The molecule has 4 rings (SSSR count). The number of aromatic nitrogens is 4. The Labute approximate surface area is 198 Å². The molecule has 6 nitrogen and oxygen atoms in total. The molecule has 0 radical (unpaired) electrons. The maximum Gasteiger partial charge on any atom is 0.237 e. The summed E-state index contributed by atoms with van der Waals surface area (Å²) < 4.78 is 2.05. The Kier molecular flexibility index (Phi) is 7.19. The van der Waals surface area contributed by atoms with Crippen molar-refractivity contribution >= 4 is 23.4 Å². The molecule has 1 amide bonds. The van der Waals surface area contributed by atoms with Crippen LogP contribution in [0.1, 0.15) is 37.8 Å². The van der Waals surface area contributed by atoms with Gasteiger partial charge in [0.05, 0.1) is 11.8 Å². The zero-order valence-electron chi connectivity index (χ0n) is 19.0. The second-order valence-electron chi connectivity index (χ2n) is 8.14. The third-order valence-electron chi connectivity index (χ3n) is 5.34. The van der Waals surface area contributed by atoms with Gasteiger partial charge in [-0.2, -0.15) is 0 Å². The SMILES string of the molecule is CC(C)c1ccc(NC(=O)[C@@H](C)Sc2nnc(-c3ccncc3)n2Cc2ccccc2)cc1. The van der Waals surface area contributed by atoms with Gasteiger partial charge in [-0.3, -0.25) is 14.3 Å². The van der Waals surface area contributed by atoms with Gasteiger partial charge >= 0.3 is 0 Å². The second-order valence-corrected chi connectivity index (χ2v) is 9.45. The average Bonchev–Trinajstić information content (AvgIpc) is 3.22. The maximum absolute atomic E-state index is 12.9. The normalized spacial score (nSPS) is 12.0. The monoisotopic (exact) mass is 457 g/mol. The summed E-state index contributed by atoms with van der Waals surface area (Å²) in [7, 11) is 0. The van der Waals surface area contributed by atoms with Crippen molar-refractivity contribution < 1.29 is 4.79 Å². The number of pyridine rings is 1. The number of hydrogen-bond donors (Lipinski definition) is 1. The van der Waals surface area contributed by atoms with Crippen LogP contribution in [0.15, 0.2) is 84.3 Å². The molecule has 0 aliphatic carbocycles. The molecule has 1 N–H and O–H groups in total. The van der Waals surface area contributed by atoms with Crippen LogP contribution in [-0.4, -0.2) is 30.9 Å². The number of nitrogens with one attached hydrogen (secondary N) is 1. The predicted octanol–water partition coefficient (Wildman–Crippen LogP) is 5.63. The van der Waals surface area contributed by atoms with Gasteiger partial charge in [0.2, 0.25) is 5.91 Å². The van der Waals surface area contributed by atoms with Crippen LogP contribution in [0, 0.1) is 0 Å². The van der Waals surface area contributed by atoms with Crippen molar-refractivity contribution in [1.82, 2.24) is 19.7 Å². The second kappa shape index (κ2) is 10.4. The molecule has 0 aliphatic heterocycles. The van der Waals surface area contributed by atoms with Crippen LogP contribution in [0.3, 0.4) is 0 Å². The summed E-state index contributed by atoms with van der Waals surface area (Å²) in [5.41, 5.74) is 4.10. The largest absolute Gasteiger partial charge is 0.325 e. The third-order valence-corrected chi connectivity index (χ3v) is 6.42. The number of rotatable bonds is 8. The first kappa shape index (κ1) is 22.7. The number of carbonyl (C=O) groups excluding carboxylic acids is 1. The number of benzene rings is 2. The molecule has 4 aromatic rings. The molecule has 0 saturated heterocycles. The number of amides is 1. The minimum atomic E-state index is -0.348. The minimum Gasteiger partial charge on any atom is -0.325 e. The Hall–Kier alpha value is -3.45. The standard InChI is InChI=1S/C26H27N5OS/c1-18(2)21-9-11-23(12-10-21)28-25(32)19(3)33-26-30-29-24(22-13-15-27-16-14-22)31(26)17-20-7-5-4-6-8-20/h4-16,18-19H,17H2,1-3H3,(H,28,32)/t19-/m1/s1. The Bertz CT molecular complexity index is 1190. The predicted molar refractivity (Wildman–Crippen MR) is 133 cm³/mol. The van der Waals surface area contributed by atoms with Gasteiger partial charge in [0.25, 0.3) is 0 Å². The fourth-order valence-corrected chi connectivity index (χ4v) is 4.25. The van der Waals surface area contributed by atoms with Gasteiger partial charge in [0.15, 0.2) is 11.0 Å². The smallest absolute Gasteiger partial charge is 0.237 e. The molecular weight excluding hydrogens is 430 g/mol. The van der Waals surface area contributed by atoms with Gasteiger partial charge in [-0.05, 0) is 48.2 Å². The van der Waals surface area contributed by atoms with E-state index in [2.05, 4.69) is 63.2 Å². The Morgan fingerprint density at radius 3 is 2.30 bits per heavy atom.